The van der Waals surface area contributed by atoms with Gasteiger partial charge in [-0.1, -0.05) is 30.3 Å². The molecule has 122 valence electrons. The number of hydrogen-bond acceptors (Lipinski definition) is 4. The molecule has 0 unspecified atom stereocenters. The van der Waals surface area contributed by atoms with Crippen molar-refractivity contribution in [2.24, 2.45) is 0 Å². The van der Waals surface area contributed by atoms with Gasteiger partial charge in [-0.15, -0.1) is 0 Å². The number of ether oxygens (including phenoxy) is 1. The van der Waals surface area contributed by atoms with Crippen LogP contribution in [0.5, 0.6) is 5.75 Å². The van der Waals surface area contributed by atoms with Crippen molar-refractivity contribution in [2.75, 3.05) is 7.11 Å². The van der Waals surface area contributed by atoms with Gasteiger partial charge >= 0.3 is 0 Å². The van der Waals surface area contributed by atoms with Gasteiger partial charge in [-0.3, -0.25) is 4.79 Å². The Morgan fingerprint density at radius 1 is 1.04 bits per heavy atom. The van der Waals surface area contributed by atoms with Crippen LogP contribution in [0.4, 0.5) is 0 Å². The van der Waals surface area contributed by atoms with E-state index in [-0.39, 0.29) is 4.90 Å². The number of sulfone groups is 1. The van der Waals surface area contributed by atoms with Gasteiger partial charge in [-0.25, -0.2) is 8.42 Å². The molecule has 24 heavy (non-hydrogen) atoms. The zero-order valence-electron chi connectivity index (χ0n) is 12.9. The first-order valence-corrected chi connectivity index (χ1v) is 8.73. The molecule has 1 N–H and O–H groups in total. The van der Waals surface area contributed by atoms with Crippen LogP contribution in [-0.2, 0) is 9.84 Å². The predicted octanol–water partition coefficient (Wildman–Crippen LogP) is 2.98. The summed E-state index contributed by atoms with van der Waals surface area (Å²) >= 11 is 0. The number of para-hydroxylation sites is 1. The lowest BCUT2D eigenvalue weighted by Crippen LogP contribution is -2.15. The summed E-state index contributed by atoms with van der Waals surface area (Å²) in [6.45, 7) is 0. The minimum absolute atomic E-state index is 0.272. The Morgan fingerprint density at radius 2 is 1.75 bits per heavy atom. The van der Waals surface area contributed by atoms with Crippen LogP contribution in [0.3, 0.4) is 0 Å². The molecule has 0 saturated heterocycles. The average Bonchev–Trinajstić information content (AvgIpc) is 2.59. The monoisotopic (exact) mass is 341 g/mol. The molecule has 5 nitrogen and oxygen atoms in total. The SMILES string of the molecule is COc1ccc(C=CS(=O)(=O)c2cc3ccccc3[nH]c2=O)cc1. The highest BCUT2D eigenvalue weighted by Crippen LogP contribution is 2.17. The second-order valence-electron chi connectivity index (χ2n) is 5.17. The number of rotatable bonds is 4. The summed E-state index contributed by atoms with van der Waals surface area (Å²) in [4.78, 5) is 14.4. The maximum Gasteiger partial charge on any atom is 0.267 e. The summed E-state index contributed by atoms with van der Waals surface area (Å²) < 4.78 is 30.0. The van der Waals surface area contributed by atoms with E-state index in [1.807, 2.05) is 0 Å². The van der Waals surface area contributed by atoms with Gasteiger partial charge in [0.05, 0.1) is 7.11 Å². The largest absolute Gasteiger partial charge is 0.497 e. The van der Waals surface area contributed by atoms with Gasteiger partial charge in [0.1, 0.15) is 10.6 Å². The number of pyridine rings is 1. The number of nitrogens with one attached hydrogen (secondary N) is 1. The minimum Gasteiger partial charge on any atom is -0.497 e. The van der Waals surface area contributed by atoms with E-state index in [2.05, 4.69) is 4.98 Å². The molecule has 0 bridgehead atoms. The molecule has 1 heterocycles. The Bertz CT molecular complexity index is 1060. The van der Waals surface area contributed by atoms with Gasteiger partial charge in [0.25, 0.3) is 5.56 Å². The molecule has 0 aliphatic carbocycles. The van der Waals surface area contributed by atoms with Gasteiger partial charge in [0.15, 0.2) is 0 Å². The topological polar surface area (TPSA) is 76.2 Å². The Labute approximate surface area is 139 Å². The highest BCUT2D eigenvalue weighted by molar-refractivity contribution is 7.94. The molecule has 0 aliphatic rings. The van der Waals surface area contributed by atoms with Gasteiger partial charge < -0.3 is 9.72 Å². The Hall–Kier alpha value is -2.86. The third-order valence-corrected chi connectivity index (χ3v) is 4.99. The number of aromatic amines is 1. The molecule has 0 saturated carbocycles. The fourth-order valence-electron chi connectivity index (χ4n) is 2.30. The molecule has 0 fully saturated rings. The van der Waals surface area contributed by atoms with Crippen LogP contribution in [-0.4, -0.2) is 20.5 Å². The van der Waals surface area contributed by atoms with Crippen LogP contribution < -0.4 is 10.3 Å². The lowest BCUT2D eigenvalue weighted by Gasteiger charge is -2.02. The molecule has 3 rings (SSSR count). The van der Waals surface area contributed by atoms with Crippen molar-refractivity contribution in [1.82, 2.24) is 4.98 Å². The third kappa shape index (κ3) is 3.23. The van der Waals surface area contributed by atoms with Crippen LogP contribution in [0.2, 0.25) is 0 Å². The normalized spacial score (nSPS) is 11.9. The summed E-state index contributed by atoms with van der Waals surface area (Å²) in [6, 6.07) is 15.3. The van der Waals surface area contributed by atoms with Crippen LogP contribution in [0.15, 0.2) is 69.7 Å². The van der Waals surface area contributed by atoms with E-state index >= 15 is 0 Å². The summed E-state index contributed by atoms with van der Waals surface area (Å²) in [5.74, 6) is 0.681. The van der Waals surface area contributed by atoms with Gasteiger partial charge in [0, 0.05) is 10.9 Å². The zero-order valence-corrected chi connectivity index (χ0v) is 13.7. The maximum atomic E-state index is 12.5. The standard InChI is InChI=1S/C18H15NO4S/c1-23-15-8-6-13(7-9-15)10-11-24(21,22)17-12-14-4-2-3-5-16(14)19-18(17)20/h2-12H,1H3,(H,19,20). The summed E-state index contributed by atoms with van der Waals surface area (Å²) in [5, 5.41) is 1.70. The Kier molecular flexibility index (Phi) is 4.22. The summed E-state index contributed by atoms with van der Waals surface area (Å²) in [5.41, 5.74) is 0.658. The number of aromatic nitrogens is 1. The minimum atomic E-state index is -3.85. The molecule has 1 aromatic heterocycles. The molecule has 2 aromatic carbocycles. The highest BCUT2D eigenvalue weighted by atomic mass is 32.2. The second-order valence-corrected chi connectivity index (χ2v) is 6.97. The Morgan fingerprint density at radius 3 is 2.46 bits per heavy atom. The first-order chi connectivity index (χ1) is 11.5. The quantitative estimate of drug-likeness (QED) is 0.791. The van der Waals surface area contributed by atoms with E-state index < -0.39 is 15.4 Å². The molecule has 0 spiro atoms. The number of hydrogen-bond donors (Lipinski definition) is 1. The second kappa shape index (κ2) is 6.33. The lowest BCUT2D eigenvalue weighted by molar-refractivity contribution is 0.415. The van der Waals surface area contributed by atoms with Crippen LogP contribution in [0.1, 0.15) is 5.56 Å². The number of benzene rings is 2. The van der Waals surface area contributed by atoms with Crippen LogP contribution >= 0.6 is 0 Å². The van der Waals surface area contributed by atoms with Crippen LogP contribution in [0.25, 0.3) is 17.0 Å². The van der Waals surface area contributed by atoms with Gasteiger partial charge in [-0.2, -0.15) is 0 Å². The van der Waals surface area contributed by atoms with E-state index in [0.717, 1.165) is 5.41 Å². The average molecular weight is 341 g/mol. The van der Waals surface area contributed by atoms with Crippen molar-refractivity contribution in [1.29, 1.82) is 0 Å². The number of H-pyrrole nitrogens is 1. The van der Waals surface area contributed by atoms with Gasteiger partial charge in [-0.05, 0) is 41.3 Å². The van der Waals surface area contributed by atoms with E-state index in [1.165, 1.54) is 12.1 Å². The first kappa shape index (κ1) is 16.0. The van der Waals surface area contributed by atoms with Crippen molar-refractivity contribution >= 4 is 26.8 Å². The molecule has 0 radical (unpaired) electrons. The highest BCUT2D eigenvalue weighted by Gasteiger charge is 2.16. The predicted molar refractivity (Wildman–Crippen MR) is 93.8 cm³/mol. The molecule has 6 heteroatoms. The first-order valence-electron chi connectivity index (χ1n) is 7.19. The van der Waals surface area contributed by atoms with Crippen molar-refractivity contribution in [3.63, 3.8) is 0 Å². The van der Waals surface area contributed by atoms with E-state index in [9.17, 15) is 13.2 Å². The van der Waals surface area contributed by atoms with Gasteiger partial charge in [0.2, 0.25) is 9.84 Å². The van der Waals surface area contributed by atoms with E-state index in [0.29, 0.717) is 22.2 Å². The molecule has 0 aliphatic heterocycles. The molecular weight excluding hydrogens is 326 g/mol. The van der Waals surface area contributed by atoms with Crippen molar-refractivity contribution in [3.05, 3.63) is 75.9 Å². The summed E-state index contributed by atoms with van der Waals surface area (Å²) in [7, 11) is -2.29. The van der Waals surface area contributed by atoms with E-state index in [1.54, 1.807) is 55.6 Å². The van der Waals surface area contributed by atoms with Crippen molar-refractivity contribution in [2.45, 2.75) is 4.90 Å². The van der Waals surface area contributed by atoms with Crippen LogP contribution in [0, 0.1) is 0 Å². The molecule has 3 aromatic rings. The van der Waals surface area contributed by atoms with E-state index in [4.69, 9.17) is 4.74 Å². The summed E-state index contributed by atoms with van der Waals surface area (Å²) in [6.07, 6.45) is 1.45. The fraction of sp³-hybridized carbons (Fsp3) is 0.0556. The zero-order chi connectivity index (χ0) is 17.2. The molecule has 0 amide bonds. The van der Waals surface area contributed by atoms with Crippen molar-refractivity contribution < 1.29 is 13.2 Å². The molecular formula is C18H15NO4S. The Balaban J connectivity index is 1.99. The lowest BCUT2D eigenvalue weighted by atomic mass is 10.2. The smallest absolute Gasteiger partial charge is 0.267 e. The third-order valence-electron chi connectivity index (χ3n) is 3.58. The number of methoxy groups -OCH3 is 1. The molecule has 0 atom stereocenters. The fourth-order valence-corrected chi connectivity index (χ4v) is 3.38. The number of fused-ring (bicyclic) bond motifs is 1. The van der Waals surface area contributed by atoms with Crippen molar-refractivity contribution in [3.8, 4) is 5.75 Å². The maximum absolute atomic E-state index is 12.5.